The van der Waals surface area contributed by atoms with Crippen LogP contribution in [0.2, 0.25) is 0 Å². The zero-order valence-corrected chi connectivity index (χ0v) is 19.3. The fraction of sp³-hybridized carbons (Fsp3) is 0.423. The number of hydrogen-bond donors (Lipinski definition) is 1. The Morgan fingerprint density at radius 3 is 2.67 bits per heavy atom. The number of fused-ring (bicyclic) bond motifs is 2. The third-order valence-electron chi connectivity index (χ3n) is 6.56. The molecule has 5 rings (SSSR count). The average Bonchev–Trinajstić information content (AvgIpc) is 3.24. The van der Waals surface area contributed by atoms with Crippen molar-refractivity contribution in [2.45, 2.75) is 33.6 Å². The van der Waals surface area contributed by atoms with Gasteiger partial charge < -0.3 is 19.5 Å². The molecule has 1 saturated heterocycles. The molecule has 3 aromatic rings. The smallest absolute Gasteiger partial charge is 0.305 e. The minimum Gasteiger partial charge on any atom is -0.464 e. The Bertz CT molecular complexity index is 1220. The Morgan fingerprint density at radius 2 is 1.94 bits per heavy atom. The second-order valence-electron chi connectivity index (χ2n) is 9.28. The number of carbonyl (C=O) groups is 2. The third kappa shape index (κ3) is 3.75. The molecule has 1 aliphatic carbocycles. The maximum Gasteiger partial charge on any atom is 0.305 e. The van der Waals surface area contributed by atoms with Crippen LogP contribution in [-0.4, -0.2) is 43.2 Å². The van der Waals surface area contributed by atoms with Crippen LogP contribution in [0.5, 0.6) is 0 Å². The van der Waals surface area contributed by atoms with E-state index < -0.39 is 0 Å². The second-order valence-corrected chi connectivity index (χ2v) is 9.28. The number of nitrogens with zero attached hydrogens (tertiary/aromatic N) is 2. The lowest BCUT2D eigenvalue weighted by atomic mass is 9.85. The summed E-state index contributed by atoms with van der Waals surface area (Å²) in [5, 5.41) is 8.57. The predicted molar refractivity (Wildman–Crippen MR) is 128 cm³/mol. The van der Waals surface area contributed by atoms with Crippen molar-refractivity contribution in [2.24, 2.45) is 11.8 Å². The topological polar surface area (TPSA) is 84.7 Å². The van der Waals surface area contributed by atoms with E-state index in [1.54, 1.807) is 6.92 Å². The minimum atomic E-state index is -0.239. The normalized spacial score (nSPS) is 19.5. The fourth-order valence-corrected chi connectivity index (χ4v) is 5.24. The lowest BCUT2D eigenvalue weighted by Crippen LogP contribution is -2.39. The molecule has 2 aromatic carbocycles. The summed E-state index contributed by atoms with van der Waals surface area (Å²) in [7, 11) is 0. The van der Waals surface area contributed by atoms with Crippen molar-refractivity contribution in [1.29, 1.82) is 0 Å². The van der Waals surface area contributed by atoms with E-state index >= 15 is 0 Å². The average molecular weight is 448 g/mol. The predicted octanol–water partition coefficient (Wildman–Crippen LogP) is 4.89. The molecule has 2 heterocycles. The molecule has 1 N–H and O–H groups in total. The molecule has 0 bridgehead atoms. The van der Waals surface area contributed by atoms with E-state index in [2.05, 4.69) is 29.2 Å². The van der Waals surface area contributed by atoms with Crippen LogP contribution in [0.15, 0.2) is 34.9 Å². The van der Waals surface area contributed by atoms with Crippen LogP contribution < -0.4 is 10.2 Å². The Labute approximate surface area is 193 Å². The number of nitrogens with one attached hydrogen (secondary N) is 1. The Balaban J connectivity index is 1.62. The van der Waals surface area contributed by atoms with Crippen LogP contribution in [0.25, 0.3) is 22.2 Å². The molecule has 1 aliphatic heterocycles. The zero-order valence-electron chi connectivity index (χ0n) is 19.3. The first-order valence-corrected chi connectivity index (χ1v) is 11.7. The van der Waals surface area contributed by atoms with Crippen molar-refractivity contribution in [2.75, 3.05) is 36.5 Å². The summed E-state index contributed by atoms with van der Waals surface area (Å²) < 4.78 is 11.1. The van der Waals surface area contributed by atoms with Crippen molar-refractivity contribution in [3.63, 3.8) is 0 Å². The number of carbonyl (C=O) groups excluding carboxylic acids is 2. The van der Waals surface area contributed by atoms with Gasteiger partial charge in [-0.25, -0.2) is 0 Å². The summed E-state index contributed by atoms with van der Waals surface area (Å²) >= 11 is 0. The highest BCUT2D eigenvalue weighted by atomic mass is 16.5. The first kappa shape index (κ1) is 21.5. The number of piperidine rings is 1. The van der Waals surface area contributed by atoms with Crippen molar-refractivity contribution >= 4 is 34.0 Å². The summed E-state index contributed by atoms with van der Waals surface area (Å²) in [5.74, 6) is 1.48. The Morgan fingerprint density at radius 1 is 1.21 bits per heavy atom. The summed E-state index contributed by atoms with van der Waals surface area (Å²) in [5.41, 5.74) is 4.38. The number of benzene rings is 2. The molecule has 7 nitrogen and oxygen atoms in total. The van der Waals surface area contributed by atoms with E-state index in [-0.39, 0.29) is 18.4 Å². The zero-order chi connectivity index (χ0) is 23.1. The van der Waals surface area contributed by atoms with Gasteiger partial charge in [0.15, 0.2) is 11.5 Å². The van der Waals surface area contributed by atoms with E-state index in [4.69, 9.17) is 9.26 Å². The number of rotatable bonds is 6. The second kappa shape index (κ2) is 8.54. The van der Waals surface area contributed by atoms with Gasteiger partial charge in [-0.15, -0.1) is 0 Å². The molecule has 2 atom stereocenters. The summed E-state index contributed by atoms with van der Waals surface area (Å²) in [6.07, 6.45) is 1.54. The van der Waals surface area contributed by atoms with Crippen LogP contribution >= 0.6 is 0 Å². The lowest BCUT2D eigenvalue weighted by molar-refractivity contribution is -0.142. The lowest BCUT2D eigenvalue weighted by Gasteiger charge is -2.37. The molecule has 7 heteroatoms. The molecule has 1 aromatic heterocycles. The molecule has 0 unspecified atom stereocenters. The van der Waals surface area contributed by atoms with Gasteiger partial charge in [-0.3, -0.25) is 9.59 Å². The minimum absolute atomic E-state index is 0.0497. The SMILES string of the molecule is CCC(=O)OCCNc1cc(N2C[C@H](C)C[C@@H](C)C2)c2noc3c2c1C(=O)c1ccccc1-3. The maximum absolute atomic E-state index is 13.6. The monoisotopic (exact) mass is 447 g/mol. The van der Waals surface area contributed by atoms with E-state index in [9.17, 15) is 9.59 Å². The van der Waals surface area contributed by atoms with Gasteiger partial charge in [0.25, 0.3) is 0 Å². The summed E-state index contributed by atoms with van der Waals surface area (Å²) in [6, 6.07) is 9.51. The first-order chi connectivity index (χ1) is 16.0. The van der Waals surface area contributed by atoms with Gasteiger partial charge in [0.2, 0.25) is 0 Å². The van der Waals surface area contributed by atoms with Gasteiger partial charge in [0.05, 0.1) is 16.6 Å². The van der Waals surface area contributed by atoms with Crippen molar-refractivity contribution in [3.05, 3.63) is 41.5 Å². The van der Waals surface area contributed by atoms with Crippen LogP contribution in [0.1, 0.15) is 49.5 Å². The quantitative estimate of drug-likeness (QED) is 0.333. The summed E-state index contributed by atoms with van der Waals surface area (Å²) in [4.78, 5) is 27.5. The molecule has 1 fully saturated rings. The van der Waals surface area contributed by atoms with Gasteiger partial charge in [0, 0.05) is 42.9 Å². The van der Waals surface area contributed by atoms with Crippen LogP contribution in [-0.2, 0) is 9.53 Å². The fourth-order valence-electron chi connectivity index (χ4n) is 5.24. The molecule has 0 amide bonds. The van der Waals surface area contributed by atoms with Gasteiger partial charge in [0.1, 0.15) is 12.1 Å². The van der Waals surface area contributed by atoms with Crippen molar-refractivity contribution < 1.29 is 18.8 Å². The van der Waals surface area contributed by atoms with Gasteiger partial charge in [-0.05, 0) is 24.3 Å². The Hall–Kier alpha value is -3.35. The molecule has 172 valence electrons. The summed E-state index contributed by atoms with van der Waals surface area (Å²) in [6.45, 7) is 8.81. The molecule has 0 saturated carbocycles. The van der Waals surface area contributed by atoms with Crippen molar-refractivity contribution in [1.82, 2.24) is 5.16 Å². The van der Waals surface area contributed by atoms with Gasteiger partial charge >= 0.3 is 5.97 Å². The van der Waals surface area contributed by atoms with Gasteiger partial charge in [-0.1, -0.05) is 50.2 Å². The molecule has 0 radical (unpaired) electrons. The highest BCUT2D eigenvalue weighted by Gasteiger charge is 2.34. The molecule has 2 aliphatic rings. The van der Waals surface area contributed by atoms with E-state index in [1.807, 2.05) is 30.3 Å². The highest BCUT2D eigenvalue weighted by molar-refractivity contribution is 6.28. The molecular weight excluding hydrogens is 418 g/mol. The first-order valence-electron chi connectivity index (χ1n) is 11.7. The van der Waals surface area contributed by atoms with E-state index in [0.29, 0.717) is 41.7 Å². The number of aromatic nitrogens is 1. The standard InChI is InChI=1S/C26H29N3O4/c1-4-21(30)32-10-9-27-19-12-20(29-13-15(2)11-16(3)14-29)24-23-22(19)25(31)17-7-5-6-8-18(17)26(23)33-28-24/h5-8,12,15-16,27H,4,9-11,13-14H2,1-3H3/t15-,16-/m1/s1. The number of esters is 1. The largest absolute Gasteiger partial charge is 0.464 e. The van der Waals surface area contributed by atoms with E-state index in [1.165, 1.54) is 6.42 Å². The Kier molecular flexibility index (Phi) is 5.56. The van der Waals surface area contributed by atoms with Crippen LogP contribution in [0.3, 0.4) is 0 Å². The number of ketones is 1. The number of hydrogen-bond acceptors (Lipinski definition) is 7. The number of anilines is 2. The maximum atomic E-state index is 13.6. The molecule has 33 heavy (non-hydrogen) atoms. The van der Waals surface area contributed by atoms with Crippen molar-refractivity contribution in [3.8, 4) is 11.3 Å². The highest BCUT2D eigenvalue weighted by Crippen LogP contribution is 2.46. The van der Waals surface area contributed by atoms with Crippen LogP contribution in [0.4, 0.5) is 11.4 Å². The molecule has 0 spiro atoms. The van der Waals surface area contributed by atoms with Crippen LogP contribution in [0, 0.1) is 11.8 Å². The third-order valence-corrected chi connectivity index (χ3v) is 6.56. The molecular formula is C26H29N3O4. The van der Waals surface area contributed by atoms with E-state index in [0.717, 1.165) is 40.9 Å². The van der Waals surface area contributed by atoms with Gasteiger partial charge in [-0.2, -0.15) is 0 Å². The number of ether oxygens (including phenoxy) is 1.